The SMILES string of the molecule is CCC(CC)(CC)C(CC)(CC)C(CC)(CC)C(CC)(CC)C(CC)(CC)C(=O)OC(C)(C)C.CCC(N)[Si](OC)(OC)OC. The third-order valence-corrected chi connectivity index (χ3v) is 16.2. The van der Waals surface area contributed by atoms with Gasteiger partial charge in [-0.3, -0.25) is 4.79 Å². The molecule has 0 spiro atoms. The number of ether oxygens (including phenoxy) is 1. The van der Waals surface area contributed by atoms with Gasteiger partial charge in [-0.15, -0.1) is 0 Å². The summed E-state index contributed by atoms with van der Waals surface area (Å²) in [7, 11) is 2.15. The van der Waals surface area contributed by atoms with Crippen LogP contribution in [0.4, 0.5) is 0 Å². The van der Waals surface area contributed by atoms with Gasteiger partial charge in [-0.25, -0.2) is 0 Å². The van der Waals surface area contributed by atoms with Crippen molar-refractivity contribution in [3.8, 4) is 0 Å². The fourth-order valence-corrected chi connectivity index (χ4v) is 12.7. The molecule has 0 saturated carbocycles. The van der Waals surface area contributed by atoms with Crippen LogP contribution in [0.3, 0.4) is 0 Å². The van der Waals surface area contributed by atoms with Crippen LogP contribution in [0.15, 0.2) is 0 Å². The summed E-state index contributed by atoms with van der Waals surface area (Å²) in [5.41, 5.74) is 4.99. The average Bonchev–Trinajstić information content (AvgIpc) is 3.05. The molecule has 1 atom stereocenters. The maximum Gasteiger partial charge on any atom is 0.517 e. The first-order valence-corrected chi connectivity index (χ1v) is 20.4. The van der Waals surface area contributed by atoms with Gasteiger partial charge in [0, 0.05) is 21.3 Å². The Morgan fingerprint density at radius 1 is 0.556 bits per heavy atom. The molecule has 0 aliphatic rings. The largest absolute Gasteiger partial charge is 0.517 e. The van der Waals surface area contributed by atoms with Gasteiger partial charge in [-0.1, -0.05) is 83.1 Å². The summed E-state index contributed by atoms with van der Waals surface area (Å²) in [6.45, 7) is 34.3. The summed E-state index contributed by atoms with van der Waals surface area (Å²) in [5.74, 6) is 0.0381. The molecule has 6 nitrogen and oxygen atoms in total. The first-order valence-electron chi connectivity index (χ1n) is 18.6. The van der Waals surface area contributed by atoms with E-state index >= 15 is 0 Å². The van der Waals surface area contributed by atoms with Crippen molar-refractivity contribution in [2.75, 3.05) is 21.3 Å². The summed E-state index contributed by atoms with van der Waals surface area (Å²) in [6.07, 6.45) is 12.6. The molecule has 0 amide bonds. The zero-order valence-electron chi connectivity index (χ0n) is 33.7. The second-order valence-electron chi connectivity index (χ2n) is 14.2. The molecule has 0 saturated heterocycles. The molecule has 0 bridgehead atoms. The summed E-state index contributed by atoms with van der Waals surface area (Å²) in [4.78, 5) is 14.3. The fourth-order valence-electron chi connectivity index (χ4n) is 10.8. The Hall–Kier alpha value is -0.473. The molecule has 272 valence electrons. The zero-order valence-corrected chi connectivity index (χ0v) is 34.7. The molecule has 45 heavy (non-hydrogen) atoms. The molecule has 1 unspecified atom stereocenters. The lowest BCUT2D eigenvalue weighted by Gasteiger charge is -2.70. The van der Waals surface area contributed by atoms with Crippen molar-refractivity contribution in [3.05, 3.63) is 0 Å². The minimum Gasteiger partial charge on any atom is -0.460 e. The number of esters is 1. The molecular formula is C38H81NO5Si. The number of hydrogen-bond donors (Lipinski definition) is 1. The molecule has 0 aromatic heterocycles. The van der Waals surface area contributed by atoms with Gasteiger partial charge in [0.1, 0.15) is 5.60 Å². The van der Waals surface area contributed by atoms with Crippen molar-refractivity contribution in [3.63, 3.8) is 0 Å². The Morgan fingerprint density at radius 3 is 1.07 bits per heavy atom. The maximum atomic E-state index is 14.3. The lowest BCUT2D eigenvalue weighted by Crippen LogP contribution is -2.66. The van der Waals surface area contributed by atoms with E-state index in [0.717, 1.165) is 44.9 Å². The van der Waals surface area contributed by atoms with Gasteiger partial charge in [-0.2, -0.15) is 0 Å². The van der Waals surface area contributed by atoms with E-state index in [-0.39, 0.29) is 33.3 Å². The molecule has 0 rings (SSSR count). The van der Waals surface area contributed by atoms with E-state index in [9.17, 15) is 4.79 Å². The molecule has 2 N–H and O–H groups in total. The maximum absolute atomic E-state index is 14.3. The Labute approximate surface area is 283 Å². The molecule has 0 heterocycles. The number of hydrogen-bond acceptors (Lipinski definition) is 6. The first kappa shape index (κ1) is 46.6. The van der Waals surface area contributed by atoms with Crippen molar-refractivity contribution >= 4 is 14.8 Å². The van der Waals surface area contributed by atoms with Crippen molar-refractivity contribution in [2.24, 2.45) is 32.8 Å². The minimum absolute atomic E-state index is 0.0381. The fraction of sp³-hybridized carbons (Fsp3) is 0.974. The molecule has 7 heteroatoms. The van der Waals surface area contributed by atoms with Crippen LogP contribution in [-0.4, -0.2) is 47.4 Å². The van der Waals surface area contributed by atoms with E-state index in [2.05, 4.69) is 76.2 Å². The Kier molecular flexibility index (Phi) is 20.2. The molecule has 0 aromatic carbocycles. The van der Waals surface area contributed by atoms with Crippen molar-refractivity contribution in [1.29, 1.82) is 0 Å². The highest BCUT2D eigenvalue weighted by molar-refractivity contribution is 6.62. The second-order valence-corrected chi connectivity index (χ2v) is 17.4. The van der Waals surface area contributed by atoms with Gasteiger partial charge in [-0.05, 0) is 119 Å². The summed E-state index contributed by atoms with van der Waals surface area (Å²) in [5, 5.41) is 0. The minimum atomic E-state index is -2.54. The molecule has 0 aromatic rings. The van der Waals surface area contributed by atoms with E-state index in [4.69, 9.17) is 23.7 Å². The van der Waals surface area contributed by atoms with E-state index in [1.165, 1.54) is 32.1 Å². The van der Waals surface area contributed by atoms with Crippen LogP contribution in [-0.2, 0) is 22.8 Å². The van der Waals surface area contributed by atoms with Crippen LogP contribution >= 0.6 is 0 Å². The van der Waals surface area contributed by atoms with Gasteiger partial charge < -0.3 is 23.7 Å². The lowest BCUT2D eigenvalue weighted by molar-refractivity contribution is -0.238. The topological polar surface area (TPSA) is 80.0 Å². The van der Waals surface area contributed by atoms with Crippen LogP contribution in [0.25, 0.3) is 0 Å². The highest BCUT2D eigenvalue weighted by atomic mass is 28.4. The smallest absolute Gasteiger partial charge is 0.460 e. The highest BCUT2D eigenvalue weighted by Crippen LogP contribution is 2.75. The second kappa shape index (κ2) is 19.5. The van der Waals surface area contributed by atoms with Gasteiger partial charge in [0.15, 0.2) is 0 Å². The zero-order chi connectivity index (χ0) is 36.0. The highest BCUT2D eigenvalue weighted by Gasteiger charge is 2.70. The van der Waals surface area contributed by atoms with Crippen LogP contribution in [0.5, 0.6) is 0 Å². The third kappa shape index (κ3) is 8.06. The van der Waals surface area contributed by atoms with E-state index in [1.54, 1.807) is 21.3 Å². The van der Waals surface area contributed by atoms with E-state index in [1.807, 2.05) is 27.7 Å². The first-order chi connectivity index (χ1) is 21.0. The normalized spacial score (nSPS) is 14.6. The molecule has 0 aliphatic carbocycles. The Bertz CT molecular complexity index is 783. The molecule has 0 radical (unpaired) electrons. The monoisotopic (exact) mass is 660 g/mol. The van der Waals surface area contributed by atoms with Gasteiger partial charge in [0.05, 0.1) is 11.1 Å². The summed E-state index contributed by atoms with van der Waals surface area (Å²) >= 11 is 0. The van der Waals surface area contributed by atoms with Gasteiger partial charge in [0.25, 0.3) is 0 Å². The summed E-state index contributed by atoms with van der Waals surface area (Å²) in [6, 6.07) is 0. The van der Waals surface area contributed by atoms with Crippen LogP contribution in [0, 0.1) is 27.1 Å². The Balaban J connectivity index is 0. The lowest BCUT2D eigenvalue weighted by atomic mass is 9.33. The van der Waals surface area contributed by atoms with Crippen molar-refractivity contribution < 1.29 is 22.8 Å². The van der Waals surface area contributed by atoms with E-state index in [0.29, 0.717) is 0 Å². The van der Waals surface area contributed by atoms with Crippen LogP contribution < -0.4 is 5.73 Å². The van der Waals surface area contributed by atoms with Gasteiger partial charge in [0.2, 0.25) is 0 Å². The molecule has 0 fully saturated rings. The van der Waals surface area contributed by atoms with Crippen molar-refractivity contribution in [2.45, 2.75) is 192 Å². The predicted octanol–water partition coefficient (Wildman–Crippen LogP) is 10.9. The average molecular weight is 660 g/mol. The number of carbonyl (C=O) groups is 1. The van der Waals surface area contributed by atoms with Crippen LogP contribution in [0.2, 0.25) is 0 Å². The van der Waals surface area contributed by atoms with Crippen molar-refractivity contribution in [1.82, 2.24) is 0 Å². The number of rotatable bonds is 21. The third-order valence-electron chi connectivity index (χ3n) is 13.2. The summed E-state index contributed by atoms with van der Waals surface area (Å²) < 4.78 is 21.8. The van der Waals surface area contributed by atoms with Crippen LogP contribution in [0.1, 0.15) is 181 Å². The van der Waals surface area contributed by atoms with Gasteiger partial charge >= 0.3 is 14.8 Å². The quantitative estimate of drug-likeness (QED) is 0.0975. The standard InChI is InChI=1S/C32H64O2.C6H17NO3Si/c1-15-28(16-2,17-3)30(20-6,21-7)32(24-10,25-11)31(22-8,23-9)29(18-4,19-5)26(33)34-27(12,13)14;1-5-6(7)11(8-2,9-3)10-4/h15-25H2,1-14H3;6H,5,7H2,1-4H3. The predicted molar refractivity (Wildman–Crippen MR) is 196 cm³/mol. The Morgan fingerprint density at radius 2 is 0.889 bits per heavy atom. The molecular weight excluding hydrogens is 579 g/mol. The number of nitrogens with two attached hydrogens (primary N) is 1. The van der Waals surface area contributed by atoms with E-state index < -0.39 is 19.8 Å². The molecule has 0 aliphatic heterocycles. The number of carbonyl (C=O) groups excluding carboxylic acids is 1.